The third-order valence-corrected chi connectivity index (χ3v) is 3.60. The van der Waals surface area contributed by atoms with Gasteiger partial charge in [-0.3, -0.25) is 14.3 Å². The fraction of sp³-hybridized carbons (Fsp3) is 0.643. The Morgan fingerprint density at radius 1 is 1.45 bits per heavy atom. The van der Waals surface area contributed by atoms with Crippen molar-refractivity contribution in [2.45, 2.75) is 32.7 Å². The summed E-state index contributed by atoms with van der Waals surface area (Å²) in [6.45, 7) is 4.57. The summed E-state index contributed by atoms with van der Waals surface area (Å²) in [6, 6.07) is 1.87. The first kappa shape index (κ1) is 14.6. The molecule has 6 nitrogen and oxygen atoms in total. The lowest BCUT2D eigenvalue weighted by Gasteiger charge is -2.16. The van der Waals surface area contributed by atoms with Crippen molar-refractivity contribution in [1.82, 2.24) is 20.0 Å². The third-order valence-electron chi connectivity index (χ3n) is 3.60. The van der Waals surface area contributed by atoms with E-state index in [4.69, 9.17) is 0 Å². The summed E-state index contributed by atoms with van der Waals surface area (Å²) < 4.78 is 1.83. The fourth-order valence-corrected chi connectivity index (χ4v) is 2.50. The summed E-state index contributed by atoms with van der Waals surface area (Å²) in [5.74, 6) is 0.174. The van der Waals surface area contributed by atoms with E-state index in [-0.39, 0.29) is 17.7 Å². The first-order valence-corrected chi connectivity index (χ1v) is 7.23. The average Bonchev–Trinajstić information content (AvgIpc) is 3.10. The highest BCUT2D eigenvalue weighted by molar-refractivity contribution is 5.82. The van der Waals surface area contributed by atoms with Crippen LogP contribution in [-0.4, -0.2) is 46.1 Å². The molecule has 1 aliphatic heterocycles. The van der Waals surface area contributed by atoms with Crippen LogP contribution in [0.15, 0.2) is 18.5 Å². The Hall–Kier alpha value is -1.85. The van der Waals surface area contributed by atoms with Gasteiger partial charge in [0.15, 0.2) is 0 Å². The Bertz CT molecular complexity index is 444. The van der Waals surface area contributed by atoms with Crippen LogP contribution < -0.4 is 5.32 Å². The molecule has 1 aliphatic rings. The average molecular weight is 278 g/mol. The molecule has 0 spiro atoms. The van der Waals surface area contributed by atoms with Crippen molar-refractivity contribution >= 4 is 11.8 Å². The van der Waals surface area contributed by atoms with Crippen LogP contribution in [0.4, 0.5) is 0 Å². The number of amides is 2. The van der Waals surface area contributed by atoms with Crippen molar-refractivity contribution in [3.05, 3.63) is 18.5 Å². The first-order chi connectivity index (χ1) is 9.70. The zero-order valence-corrected chi connectivity index (χ0v) is 11.9. The molecule has 0 aromatic carbocycles. The maximum Gasteiger partial charge on any atom is 0.224 e. The standard InChI is InChI=1S/C14H22N4O2/c1-2-15-14(20)12-6-10-17(11-12)13(19)5-3-8-18-9-4-7-16-18/h4,7,9,12H,2-3,5-6,8,10-11H2,1H3,(H,15,20)/t12-/m0/s1. The summed E-state index contributed by atoms with van der Waals surface area (Å²) in [5.41, 5.74) is 0. The second kappa shape index (κ2) is 7.07. The van der Waals surface area contributed by atoms with Gasteiger partial charge in [-0.2, -0.15) is 5.10 Å². The van der Waals surface area contributed by atoms with E-state index in [9.17, 15) is 9.59 Å². The Kier molecular flexibility index (Phi) is 5.15. The number of likely N-dealkylation sites (tertiary alicyclic amines) is 1. The summed E-state index contributed by atoms with van der Waals surface area (Å²) in [6.07, 6.45) is 5.70. The number of hydrogen-bond donors (Lipinski definition) is 1. The lowest BCUT2D eigenvalue weighted by molar-refractivity contribution is -0.130. The Morgan fingerprint density at radius 3 is 3.00 bits per heavy atom. The maximum atomic E-state index is 12.1. The van der Waals surface area contributed by atoms with Crippen LogP contribution >= 0.6 is 0 Å². The van der Waals surface area contributed by atoms with Crippen molar-refractivity contribution < 1.29 is 9.59 Å². The fourth-order valence-electron chi connectivity index (χ4n) is 2.50. The number of nitrogens with one attached hydrogen (secondary N) is 1. The molecule has 0 radical (unpaired) electrons. The second-order valence-electron chi connectivity index (χ2n) is 5.09. The summed E-state index contributed by atoms with van der Waals surface area (Å²) in [4.78, 5) is 25.6. The number of nitrogens with zero attached hydrogens (tertiary/aromatic N) is 3. The minimum absolute atomic E-state index is 0.0370. The Labute approximate surface area is 119 Å². The van der Waals surface area contributed by atoms with Crippen molar-refractivity contribution in [2.24, 2.45) is 5.92 Å². The highest BCUT2D eigenvalue weighted by atomic mass is 16.2. The van der Waals surface area contributed by atoms with Crippen LogP contribution in [0.3, 0.4) is 0 Å². The van der Waals surface area contributed by atoms with Gasteiger partial charge < -0.3 is 10.2 Å². The first-order valence-electron chi connectivity index (χ1n) is 7.23. The van der Waals surface area contributed by atoms with Gasteiger partial charge in [0.05, 0.1) is 5.92 Å². The highest BCUT2D eigenvalue weighted by Crippen LogP contribution is 2.17. The topological polar surface area (TPSA) is 67.2 Å². The van der Waals surface area contributed by atoms with E-state index in [1.54, 1.807) is 6.20 Å². The van der Waals surface area contributed by atoms with Gasteiger partial charge in [0, 0.05) is 45.0 Å². The monoisotopic (exact) mass is 278 g/mol. The van der Waals surface area contributed by atoms with Crippen LogP contribution in [0.2, 0.25) is 0 Å². The van der Waals surface area contributed by atoms with Gasteiger partial charge in [0.2, 0.25) is 11.8 Å². The molecule has 2 rings (SSSR count). The molecule has 0 bridgehead atoms. The highest BCUT2D eigenvalue weighted by Gasteiger charge is 2.30. The predicted molar refractivity (Wildman–Crippen MR) is 74.8 cm³/mol. The number of aryl methyl sites for hydroxylation is 1. The molecular weight excluding hydrogens is 256 g/mol. The largest absolute Gasteiger partial charge is 0.356 e. The number of rotatable bonds is 6. The summed E-state index contributed by atoms with van der Waals surface area (Å²) >= 11 is 0. The molecule has 20 heavy (non-hydrogen) atoms. The lowest BCUT2D eigenvalue weighted by atomic mass is 10.1. The summed E-state index contributed by atoms with van der Waals surface area (Å²) in [5, 5.41) is 6.93. The quantitative estimate of drug-likeness (QED) is 0.830. The minimum Gasteiger partial charge on any atom is -0.356 e. The minimum atomic E-state index is -0.0370. The van der Waals surface area contributed by atoms with Gasteiger partial charge in [-0.05, 0) is 25.8 Å². The molecule has 1 saturated heterocycles. The number of aromatic nitrogens is 2. The van der Waals surface area contributed by atoms with Crippen LogP contribution in [0, 0.1) is 5.92 Å². The smallest absolute Gasteiger partial charge is 0.224 e. The Balaban J connectivity index is 1.70. The molecule has 0 unspecified atom stereocenters. The molecule has 1 aromatic heterocycles. The van der Waals surface area contributed by atoms with E-state index in [2.05, 4.69) is 10.4 Å². The Morgan fingerprint density at radius 2 is 2.30 bits per heavy atom. The van der Waals surface area contributed by atoms with Crippen molar-refractivity contribution in [3.63, 3.8) is 0 Å². The molecule has 0 aliphatic carbocycles. The number of carbonyl (C=O) groups is 2. The van der Waals surface area contributed by atoms with Gasteiger partial charge in [0.25, 0.3) is 0 Å². The number of carbonyl (C=O) groups excluding carboxylic acids is 2. The molecule has 2 amide bonds. The predicted octanol–water partition coefficient (Wildman–Crippen LogP) is 0.648. The van der Waals surface area contributed by atoms with Gasteiger partial charge in [0.1, 0.15) is 0 Å². The van der Waals surface area contributed by atoms with Gasteiger partial charge in [-0.25, -0.2) is 0 Å². The van der Waals surface area contributed by atoms with E-state index in [1.807, 2.05) is 28.8 Å². The lowest BCUT2D eigenvalue weighted by Crippen LogP contribution is -2.34. The van der Waals surface area contributed by atoms with Crippen molar-refractivity contribution in [3.8, 4) is 0 Å². The third kappa shape index (κ3) is 3.82. The molecule has 1 aromatic rings. The molecule has 0 saturated carbocycles. The SMILES string of the molecule is CCNC(=O)[C@H]1CCN(C(=O)CCCn2cccn2)C1. The van der Waals surface area contributed by atoms with E-state index in [1.165, 1.54) is 0 Å². The molecule has 1 atom stereocenters. The van der Waals surface area contributed by atoms with Gasteiger partial charge in [-0.15, -0.1) is 0 Å². The van der Waals surface area contributed by atoms with E-state index in [0.717, 1.165) is 19.4 Å². The molecular formula is C14H22N4O2. The normalized spacial score (nSPS) is 18.2. The molecule has 110 valence electrons. The zero-order chi connectivity index (χ0) is 14.4. The number of hydrogen-bond acceptors (Lipinski definition) is 3. The second-order valence-corrected chi connectivity index (χ2v) is 5.09. The summed E-state index contributed by atoms with van der Waals surface area (Å²) in [7, 11) is 0. The van der Waals surface area contributed by atoms with E-state index >= 15 is 0 Å². The van der Waals surface area contributed by atoms with Crippen LogP contribution in [0.5, 0.6) is 0 Å². The molecule has 1 N–H and O–H groups in total. The van der Waals surface area contributed by atoms with Crippen LogP contribution in [0.25, 0.3) is 0 Å². The van der Waals surface area contributed by atoms with Gasteiger partial charge >= 0.3 is 0 Å². The maximum absolute atomic E-state index is 12.1. The van der Waals surface area contributed by atoms with Crippen molar-refractivity contribution in [2.75, 3.05) is 19.6 Å². The zero-order valence-electron chi connectivity index (χ0n) is 11.9. The van der Waals surface area contributed by atoms with E-state index in [0.29, 0.717) is 26.1 Å². The van der Waals surface area contributed by atoms with Gasteiger partial charge in [-0.1, -0.05) is 0 Å². The molecule has 1 fully saturated rings. The van der Waals surface area contributed by atoms with Crippen LogP contribution in [0.1, 0.15) is 26.2 Å². The van der Waals surface area contributed by atoms with Crippen molar-refractivity contribution in [1.29, 1.82) is 0 Å². The van der Waals surface area contributed by atoms with E-state index < -0.39 is 0 Å². The molecule has 6 heteroatoms. The molecule has 2 heterocycles. The van der Waals surface area contributed by atoms with Crippen LogP contribution in [-0.2, 0) is 16.1 Å².